The fourth-order valence-corrected chi connectivity index (χ4v) is 1.05. The van der Waals surface area contributed by atoms with Crippen molar-refractivity contribution in [1.82, 2.24) is 0 Å². The largest absolute Gasteiger partial charge is 0.834 e. The number of rotatable bonds is 12. The fourth-order valence-electron chi connectivity index (χ4n) is 0.668. The highest BCUT2D eigenvalue weighted by Crippen LogP contribution is 1.86. The molecule has 8 heteroatoms. The molecule has 7 nitrogen and oxygen atoms in total. The second-order valence-electron chi connectivity index (χ2n) is 2.45. The predicted molar refractivity (Wildman–Crippen MR) is 53.5 cm³/mol. The van der Waals surface area contributed by atoms with Crippen molar-refractivity contribution in [3.05, 3.63) is 0 Å². The van der Waals surface area contributed by atoms with E-state index in [1.165, 1.54) is 0 Å². The van der Waals surface area contributed by atoms with Gasteiger partial charge in [0.2, 0.25) is 0 Å². The molecular weight excluding hydrogens is 236 g/mol. The van der Waals surface area contributed by atoms with E-state index in [1.807, 2.05) is 13.8 Å². The van der Waals surface area contributed by atoms with Crippen LogP contribution < -0.4 is 0 Å². The van der Waals surface area contributed by atoms with Crippen LogP contribution in [0.3, 0.4) is 0 Å². The molecule has 0 radical (unpaired) electrons. The predicted octanol–water partition coefficient (Wildman–Crippen LogP) is 0.371. The van der Waals surface area contributed by atoms with Gasteiger partial charge in [-0.25, -0.2) is 0 Å². The van der Waals surface area contributed by atoms with E-state index in [2.05, 4.69) is 18.9 Å². The van der Waals surface area contributed by atoms with Gasteiger partial charge in [-0.05, 0) is 13.8 Å². The van der Waals surface area contributed by atoms with Crippen LogP contribution in [0.25, 0.3) is 0 Å². The zero-order valence-corrected chi connectivity index (χ0v) is 10.6. The summed E-state index contributed by atoms with van der Waals surface area (Å²) < 4.78 is 29.6. The van der Waals surface area contributed by atoms with Gasteiger partial charge in [-0.3, -0.25) is 4.46 Å². The molecule has 0 fully saturated rings. The van der Waals surface area contributed by atoms with Gasteiger partial charge in [0.05, 0.1) is 13.2 Å². The molecular formula is C8H18O7Si. The van der Waals surface area contributed by atoms with Crippen LogP contribution in [0.2, 0.25) is 0 Å². The van der Waals surface area contributed by atoms with E-state index in [9.17, 15) is 4.46 Å². The summed E-state index contributed by atoms with van der Waals surface area (Å²) in [6.07, 6.45) is 0. The molecule has 0 unspecified atom stereocenters. The van der Waals surface area contributed by atoms with Crippen molar-refractivity contribution in [1.29, 1.82) is 0 Å². The highest BCUT2D eigenvalue weighted by atomic mass is 28.3. The number of hydrogen-bond donors (Lipinski definition) is 0. The Bertz CT molecular complexity index is 150. The molecule has 0 aliphatic rings. The van der Waals surface area contributed by atoms with Gasteiger partial charge in [0.15, 0.2) is 0 Å². The first-order valence-electron chi connectivity index (χ1n) is 5.09. The van der Waals surface area contributed by atoms with Crippen LogP contribution in [0.15, 0.2) is 0 Å². The normalized spacial score (nSPS) is 10.1. The first kappa shape index (κ1) is 15.5. The highest BCUT2D eigenvalue weighted by Gasteiger charge is 2.14. The Hall–Kier alpha value is -0.543. The molecule has 0 aromatic heterocycles. The van der Waals surface area contributed by atoms with Gasteiger partial charge in [0.1, 0.15) is 13.2 Å². The van der Waals surface area contributed by atoms with Crippen LogP contribution in [0.4, 0.5) is 0 Å². The van der Waals surface area contributed by atoms with Crippen molar-refractivity contribution in [2.75, 3.05) is 39.6 Å². The molecule has 0 bridgehead atoms. The van der Waals surface area contributed by atoms with Gasteiger partial charge in [0, 0.05) is 13.2 Å². The molecule has 96 valence electrons. The first-order valence-corrected chi connectivity index (χ1v) is 6.32. The topological polar surface area (TPSA) is 72.5 Å². The van der Waals surface area contributed by atoms with E-state index in [-0.39, 0.29) is 13.2 Å². The second kappa shape index (κ2) is 12.5. The Morgan fingerprint density at radius 3 is 1.62 bits per heavy atom. The number of ether oxygens (including phenoxy) is 2. The Kier molecular flexibility index (Phi) is 12.1. The second-order valence-corrected chi connectivity index (χ2v) is 3.29. The maximum Gasteiger partial charge on any atom is 0.834 e. The van der Waals surface area contributed by atoms with Crippen LogP contribution in [0.5, 0.6) is 0 Å². The molecule has 0 aromatic carbocycles. The SMILES string of the molecule is CCOCCOO[Si](=O)OOCCOCC. The van der Waals surface area contributed by atoms with Crippen molar-refractivity contribution in [2.24, 2.45) is 0 Å². The van der Waals surface area contributed by atoms with Crippen LogP contribution in [0, 0.1) is 0 Å². The summed E-state index contributed by atoms with van der Waals surface area (Å²) in [4.78, 5) is 9.09. The minimum absolute atomic E-state index is 0.187. The van der Waals surface area contributed by atoms with Crippen molar-refractivity contribution in [3.8, 4) is 0 Å². The van der Waals surface area contributed by atoms with Gasteiger partial charge in [0.25, 0.3) is 0 Å². The lowest BCUT2D eigenvalue weighted by Gasteiger charge is -2.04. The molecule has 0 saturated heterocycles. The third-order valence-electron chi connectivity index (χ3n) is 1.28. The third-order valence-corrected chi connectivity index (χ3v) is 1.79. The summed E-state index contributed by atoms with van der Waals surface area (Å²) in [5, 5.41) is 0. The molecule has 0 heterocycles. The average molecular weight is 254 g/mol. The Morgan fingerprint density at radius 2 is 1.25 bits per heavy atom. The standard InChI is InChI=1S/C8H18O7Si/c1-3-10-5-7-12-14-16(9)15-13-8-6-11-4-2/h3-8H2,1-2H3. The molecule has 16 heavy (non-hydrogen) atoms. The monoisotopic (exact) mass is 254 g/mol. The van der Waals surface area contributed by atoms with Gasteiger partial charge < -0.3 is 18.6 Å². The maximum atomic E-state index is 10.9. The van der Waals surface area contributed by atoms with Gasteiger partial charge in [-0.2, -0.15) is 9.78 Å². The lowest BCUT2D eigenvalue weighted by molar-refractivity contribution is -0.291. The van der Waals surface area contributed by atoms with E-state index >= 15 is 0 Å². The third kappa shape index (κ3) is 11.5. The molecule has 0 aromatic rings. The highest BCUT2D eigenvalue weighted by molar-refractivity contribution is 6.25. The van der Waals surface area contributed by atoms with Gasteiger partial charge >= 0.3 is 9.17 Å². The summed E-state index contributed by atoms with van der Waals surface area (Å²) >= 11 is 0. The Labute approximate surface area is 96.3 Å². The lowest BCUT2D eigenvalue weighted by atomic mass is 10.8. The van der Waals surface area contributed by atoms with E-state index in [4.69, 9.17) is 9.47 Å². The zero-order chi connectivity index (χ0) is 12.1. The van der Waals surface area contributed by atoms with Crippen LogP contribution >= 0.6 is 0 Å². The Morgan fingerprint density at radius 1 is 0.812 bits per heavy atom. The summed E-state index contributed by atoms with van der Waals surface area (Å²) in [6, 6.07) is 0. The first-order chi connectivity index (χ1) is 7.81. The number of hydrogen-bond acceptors (Lipinski definition) is 7. The van der Waals surface area contributed by atoms with Crippen molar-refractivity contribution in [2.45, 2.75) is 13.8 Å². The lowest BCUT2D eigenvalue weighted by Crippen LogP contribution is -2.17. The van der Waals surface area contributed by atoms with Crippen molar-refractivity contribution < 1.29 is 32.9 Å². The molecule has 0 rings (SSSR count). The molecule has 0 aliphatic heterocycles. The molecule has 0 aliphatic carbocycles. The van der Waals surface area contributed by atoms with Crippen LogP contribution in [0.1, 0.15) is 13.8 Å². The van der Waals surface area contributed by atoms with Crippen LogP contribution in [-0.2, 0) is 32.9 Å². The fraction of sp³-hybridized carbons (Fsp3) is 1.00. The average Bonchev–Trinajstić information content (AvgIpc) is 2.28. The van der Waals surface area contributed by atoms with Crippen molar-refractivity contribution in [3.63, 3.8) is 0 Å². The van der Waals surface area contributed by atoms with E-state index < -0.39 is 9.17 Å². The minimum Gasteiger partial charge on any atom is -0.379 e. The summed E-state index contributed by atoms with van der Waals surface area (Å²) in [6.45, 7) is 6.02. The van der Waals surface area contributed by atoms with Crippen LogP contribution in [-0.4, -0.2) is 48.8 Å². The Balaban J connectivity index is 3.12. The smallest absolute Gasteiger partial charge is 0.379 e. The van der Waals surface area contributed by atoms with E-state index in [0.717, 1.165) is 0 Å². The van der Waals surface area contributed by atoms with Gasteiger partial charge in [-0.15, -0.1) is 0 Å². The van der Waals surface area contributed by atoms with E-state index in [0.29, 0.717) is 26.4 Å². The molecule has 0 amide bonds. The molecule has 0 N–H and O–H groups in total. The van der Waals surface area contributed by atoms with E-state index in [1.54, 1.807) is 0 Å². The van der Waals surface area contributed by atoms with Crippen molar-refractivity contribution >= 4 is 9.17 Å². The zero-order valence-electron chi connectivity index (χ0n) is 9.60. The summed E-state index contributed by atoms with van der Waals surface area (Å²) in [5.41, 5.74) is 0. The molecule has 0 saturated carbocycles. The minimum atomic E-state index is -2.77. The summed E-state index contributed by atoms with van der Waals surface area (Å²) in [5.74, 6) is 0. The summed E-state index contributed by atoms with van der Waals surface area (Å²) in [7, 11) is -2.77. The quantitative estimate of drug-likeness (QED) is 0.216. The molecule has 0 atom stereocenters. The van der Waals surface area contributed by atoms with Gasteiger partial charge in [-0.1, -0.05) is 0 Å². The maximum absolute atomic E-state index is 10.9. The molecule has 0 spiro atoms.